The highest BCUT2D eigenvalue weighted by molar-refractivity contribution is 5.79. The number of methoxy groups -OCH3 is 1. The summed E-state index contributed by atoms with van der Waals surface area (Å²) in [5.74, 6) is 1.87. The molecule has 0 fully saturated rings. The van der Waals surface area contributed by atoms with E-state index in [4.69, 9.17) is 4.74 Å². The number of aliphatic imine (C=N–C) groups is 1. The van der Waals surface area contributed by atoms with Gasteiger partial charge in [-0.3, -0.25) is 4.99 Å². The number of benzene rings is 1. The van der Waals surface area contributed by atoms with Gasteiger partial charge in [-0.25, -0.2) is 0 Å². The van der Waals surface area contributed by atoms with Crippen LogP contribution in [-0.4, -0.2) is 41.5 Å². The van der Waals surface area contributed by atoms with Gasteiger partial charge in [-0.2, -0.15) is 8.78 Å². The summed E-state index contributed by atoms with van der Waals surface area (Å²) < 4.78 is 36.7. The van der Waals surface area contributed by atoms with Crippen LogP contribution in [0.1, 0.15) is 18.3 Å². The largest absolute Gasteiger partial charge is 0.497 e. The summed E-state index contributed by atoms with van der Waals surface area (Å²) in [6, 6.07) is 4.64. The first-order valence-electron chi connectivity index (χ1n) is 8.00. The second-order valence-electron chi connectivity index (χ2n) is 5.16. The summed E-state index contributed by atoms with van der Waals surface area (Å²) in [6.07, 6.45) is 1.65. The van der Waals surface area contributed by atoms with Crippen molar-refractivity contribution in [3.8, 4) is 11.5 Å². The standard InChI is InChI=1S/C16H22F2N6O2/c1-4-24-10-22-23-14(24)9-21-16(19-2)20-8-11-7-12(25-3)5-6-13(11)26-15(17)18/h5-7,10,15H,4,8-9H2,1-3H3,(H2,19,20,21). The lowest BCUT2D eigenvalue weighted by molar-refractivity contribution is -0.0504. The van der Waals surface area contributed by atoms with Gasteiger partial charge in [0.1, 0.15) is 17.8 Å². The summed E-state index contributed by atoms with van der Waals surface area (Å²) in [5.41, 5.74) is 0.518. The molecule has 0 bridgehead atoms. The SMILES string of the molecule is CCn1cnnc1CNC(=NC)NCc1cc(OC)ccc1OC(F)F. The highest BCUT2D eigenvalue weighted by Crippen LogP contribution is 2.25. The van der Waals surface area contributed by atoms with Crippen LogP contribution in [0.2, 0.25) is 0 Å². The third-order valence-corrected chi connectivity index (χ3v) is 3.60. The first-order valence-corrected chi connectivity index (χ1v) is 8.00. The molecule has 2 aromatic rings. The molecule has 1 aromatic carbocycles. The third-order valence-electron chi connectivity index (χ3n) is 3.60. The number of nitrogens with one attached hydrogen (secondary N) is 2. The van der Waals surface area contributed by atoms with E-state index in [1.807, 2.05) is 11.5 Å². The molecular formula is C16H22F2N6O2. The summed E-state index contributed by atoms with van der Waals surface area (Å²) in [6.45, 7) is 0.493. The number of rotatable bonds is 8. The van der Waals surface area contributed by atoms with Crippen LogP contribution in [0.15, 0.2) is 29.5 Å². The fraction of sp³-hybridized carbons (Fsp3) is 0.438. The monoisotopic (exact) mass is 368 g/mol. The van der Waals surface area contributed by atoms with Crippen LogP contribution in [0, 0.1) is 0 Å². The minimum Gasteiger partial charge on any atom is -0.497 e. The predicted octanol–water partition coefficient (Wildman–Crippen LogP) is 1.77. The number of alkyl halides is 2. The molecule has 10 heteroatoms. The highest BCUT2D eigenvalue weighted by Gasteiger charge is 2.12. The van der Waals surface area contributed by atoms with Crippen molar-refractivity contribution in [3.63, 3.8) is 0 Å². The van der Waals surface area contributed by atoms with Crippen molar-refractivity contribution in [1.82, 2.24) is 25.4 Å². The number of nitrogens with zero attached hydrogens (tertiary/aromatic N) is 4. The number of hydrogen-bond donors (Lipinski definition) is 2. The average Bonchev–Trinajstić information content (AvgIpc) is 3.10. The van der Waals surface area contributed by atoms with Crippen LogP contribution in [0.4, 0.5) is 8.78 Å². The molecule has 0 unspecified atom stereocenters. The zero-order valence-corrected chi connectivity index (χ0v) is 14.9. The van der Waals surface area contributed by atoms with Crippen molar-refractivity contribution in [3.05, 3.63) is 35.9 Å². The van der Waals surface area contributed by atoms with E-state index in [1.165, 1.54) is 13.2 Å². The van der Waals surface area contributed by atoms with Crippen molar-refractivity contribution in [2.45, 2.75) is 33.2 Å². The van der Waals surface area contributed by atoms with E-state index in [9.17, 15) is 8.78 Å². The zero-order chi connectivity index (χ0) is 18.9. The zero-order valence-electron chi connectivity index (χ0n) is 14.9. The van der Waals surface area contributed by atoms with E-state index in [0.29, 0.717) is 23.8 Å². The molecule has 8 nitrogen and oxygen atoms in total. The first-order chi connectivity index (χ1) is 12.6. The van der Waals surface area contributed by atoms with Crippen LogP contribution in [0.3, 0.4) is 0 Å². The Morgan fingerprint density at radius 1 is 1.31 bits per heavy atom. The quantitative estimate of drug-likeness (QED) is 0.546. The molecule has 0 saturated heterocycles. The molecule has 0 atom stereocenters. The average molecular weight is 368 g/mol. The molecule has 0 saturated carbocycles. The van der Waals surface area contributed by atoms with Gasteiger partial charge in [-0.05, 0) is 25.1 Å². The molecular weight excluding hydrogens is 346 g/mol. The maximum atomic E-state index is 12.6. The van der Waals surface area contributed by atoms with Gasteiger partial charge in [0.2, 0.25) is 0 Å². The number of hydrogen-bond acceptors (Lipinski definition) is 5. The molecule has 0 aliphatic carbocycles. The van der Waals surface area contributed by atoms with Crippen LogP contribution in [-0.2, 0) is 19.6 Å². The van der Waals surface area contributed by atoms with E-state index in [1.54, 1.807) is 25.5 Å². The normalized spacial score (nSPS) is 11.5. The highest BCUT2D eigenvalue weighted by atomic mass is 19.3. The van der Waals surface area contributed by atoms with Gasteiger partial charge in [0, 0.05) is 25.7 Å². The van der Waals surface area contributed by atoms with Crippen molar-refractivity contribution >= 4 is 5.96 Å². The van der Waals surface area contributed by atoms with E-state index < -0.39 is 6.61 Å². The molecule has 2 N–H and O–H groups in total. The van der Waals surface area contributed by atoms with Crippen molar-refractivity contribution in [2.24, 2.45) is 4.99 Å². The van der Waals surface area contributed by atoms with Gasteiger partial charge in [0.25, 0.3) is 0 Å². The van der Waals surface area contributed by atoms with Gasteiger partial charge >= 0.3 is 6.61 Å². The minimum atomic E-state index is -2.90. The topological polar surface area (TPSA) is 85.6 Å². The number of aromatic nitrogens is 3. The molecule has 0 radical (unpaired) electrons. The lowest BCUT2D eigenvalue weighted by Gasteiger charge is -2.15. The fourth-order valence-corrected chi connectivity index (χ4v) is 2.27. The molecule has 0 spiro atoms. The van der Waals surface area contributed by atoms with Crippen molar-refractivity contribution in [2.75, 3.05) is 14.2 Å². The maximum absolute atomic E-state index is 12.6. The van der Waals surface area contributed by atoms with E-state index >= 15 is 0 Å². The molecule has 1 heterocycles. The Balaban J connectivity index is 2.01. The van der Waals surface area contributed by atoms with Crippen LogP contribution < -0.4 is 20.1 Å². The Kier molecular flexibility index (Phi) is 7.12. The Morgan fingerprint density at radius 3 is 2.73 bits per heavy atom. The van der Waals surface area contributed by atoms with Crippen LogP contribution >= 0.6 is 0 Å². The Hall–Kier alpha value is -2.91. The lowest BCUT2D eigenvalue weighted by atomic mass is 10.2. The number of aryl methyl sites for hydroxylation is 1. The summed E-state index contributed by atoms with van der Waals surface area (Å²) in [4.78, 5) is 4.11. The number of ether oxygens (including phenoxy) is 2. The van der Waals surface area contributed by atoms with Gasteiger partial charge in [-0.15, -0.1) is 10.2 Å². The van der Waals surface area contributed by atoms with E-state index in [-0.39, 0.29) is 12.3 Å². The lowest BCUT2D eigenvalue weighted by Crippen LogP contribution is -2.37. The first kappa shape index (κ1) is 19.4. The number of guanidine groups is 1. The maximum Gasteiger partial charge on any atom is 0.387 e. The Labute approximate surface area is 150 Å². The summed E-state index contributed by atoms with van der Waals surface area (Å²) >= 11 is 0. The summed E-state index contributed by atoms with van der Waals surface area (Å²) in [7, 11) is 3.12. The van der Waals surface area contributed by atoms with Gasteiger partial charge < -0.3 is 24.7 Å². The molecule has 26 heavy (non-hydrogen) atoms. The Morgan fingerprint density at radius 2 is 2.08 bits per heavy atom. The van der Waals surface area contributed by atoms with Crippen molar-refractivity contribution < 1.29 is 18.3 Å². The van der Waals surface area contributed by atoms with Crippen molar-refractivity contribution in [1.29, 1.82) is 0 Å². The van der Waals surface area contributed by atoms with Gasteiger partial charge in [-0.1, -0.05) is 0 Å². The predicted molar refractivity (Wildman–Crippen MR) is 92.4 cm³/mol. The smallest absolute Gasteiger partial charge is 0.387 e. The van der Waals surface area contributed by atoms with E-state index in [2.05, 4.69) is 30.6 Å². The summed E-state index contributed by atoms with van der Waals surface area (Å²) in [5, 5.41) is 14.0. The van der Waals surface area contributed by atoms with Gasteiger partial charge in [0.15, 0.2) is 11.8 Å². The third kappa shape index (κ3) is 5.30. The van der Waals surface area contributed by atoms with Gasteiger partial charge in [0.05, 0.1) is 13.7 Å². The number of halogens is 2. The molecule has 0 amide bonds. The van der Waals surface area contributed by atoms with Crippen LogP contribution in [0.25, 0.3) is 0 Å². The minimum absolute atomic E-state index is 0.0782. The van der Waals surface area contributed by atoms with Crippen LogP contribution in [0.5, 0.6) is 11.5 Å². The molecule has 142 valence electrons. The molecule has 0 aliphatic rings. The second-order valence-corrected chi connectivity index (χ2v) is 5.16. The molecule has 0 aliphatic heterocycles. The van der Waals surface area contributed by atoms with E-state index in [0.717, 1.165) is 12.4 Å². The Bertz CT molecular complexity index is 735. The fourth-order valence-electron chi connectivity index (χ4n) is 2.27. The molecule has 2 rings (SSSR count). The second kappa shape index (κ2) is 9.54. The molecule has 1 aromatic heterocycles.